The smallest absolute Gasteiger partial charge is 0.121 e. The fraction of sp³-hybridized carbons (Fsp3) is 0.700. The number of nitrogens with zero attached hydrogens (tertiary/aromatic N) is 2. The number of ether oxygens (including phenoxy) is 1. The largest absolute Gasteiger partial charge is 0.496 e. The molecule has 2 aliphatic heterocycles. The van der Waals surface area contributed by atoms with Gasteiger partial charge in [0.05, 0.1) is 13.7 Å². The van der Waals surface area contributed by atoms with Gasteiger partial charge in [-0.05, 0) is 76.0 Å². The molecule has 0 aromatic heterocycles. The summed E-state index contributed by atoms with van der Waals surface area (Å²) < 4.78 is 5.35. The summed E-state index contributed by atoms with van der Waals surface area (Å²) in [6.45, 7) is 9.12. The van der Waals surface area contributed by atoms with E-state index < -0.39 is 0 Å². The molecule has 0 spiro atoms. The van der Waals surface area contributed by atoms with Crippen molar-refractivity contribution in [2.75, 3.05) is 46.4 Å². The zero-order valence-electron chi connectivity index (χ0n) is 15.3. The van der Waals surface area contributed by atoms with E-state index in [1.165, 1.54) is 37.1 Å². The van der Waals surface area contributed by atoms with E-state index in [-0.39, 0.29) is 5.41 Å². The van der Waals surface area contributed by atoms with E-state index in [1.54, 1.807) is 7.11 Å². The van der Waals surface area contributed by atoms with Crippen LogP contribution in [0.2, 0.25) is 0 Å². The van der Waals surface area contributed by atoms with Crippen LogP contribution in [0.1, 0.15) is 36.8 Å². The molecule has 2 heterocycles. The number of aliphatic hydroxyl groups is 1. The highest BCUT2D eigenvalue weighted by Crippen LogP contribution is 2.33. The topological polar surface area (TPSA) is 35.9 Å². The molecule has 1 N–H and O–H groups in total. The Balaban J connectivity index is 1.54. The minimum absolute atomic E-state index is 0.122. The fourth-order valence-corrected chi connectivity index (χ4v) is 4.26. The Morgan fingerprint density at radius 2 is 1.79 bits per heavy atom. The Morgan fingerprint density at radius 1 is 1.08 bits per heavy atom. The summed E-state index contributed by atoms with van der Waals surface area (Å²) in [5, 5.41) is 10.0. The Kier molecular flexibility index (Phi) is 5.80. The molecule has 134 valence electrons. The Labute approximate surface area is 146 Å². The lowest BCUT2D eigenvalue weighted by Crippen LogP contribution is -2.47. The average molecular weight is 332 g/mol. The van der Waals surface area contributed by atoms with E-state index in [0.717, 1.165) is 44.8 Å². The number of likely N-dealkylation sites (tertiary alicyclic amines) is 2. The summed E-state index contributed by atoms with van der Waals surface area (Å²) in [6.07, 6.45) is 4.86. The van der Waals surface area contributed by atoms with E-state index in [9.17, 15) is 5.11 Å². The van der Waals surface area contributed by atoms with Crippen LogP contribution in [0.3, 0.4) is 0 Å². The first-order valence-electron chi connectivity index (χ1n) is 9.33. The van der Waals surface area contributed by atoms with E-state index in [0.29, 0.717) is 6.61 Å². The molecule has 0 bridgehead atoms. The zero-order valence-corrected chi connectivity index (χ0v) is 15.3. The van der Waals surface area contributed by atoms with E-state index in [1.807, 2.05) is 0 Å². The normalized spacial score (nSPS) is 22.0. The first-order chi connectivity index (χ1) is 11.6. The van der Waals surface area contributed by atoms with Crippen molar-refractivity contribution in [1.82, 2.24) is 9.80 Å². The maximum Gasteiger partial charge on any atom is 0.121 e. The first-order valence-corrected chi connectivity index (χ1v) is 9.33. The molecule has 2 saturated heterocycles. The van der Waals surface area contributed by atoms with Crippen LogP contribution in [0.5, 0.6) is 5.75 Å². The lowest BCUT2D eigenvalue weighted by atomic mass is 9.78. The molecule has 1 aromatic rings. The Hall–Kier alpha value is -1.10. The van der Waals surface area contributed by atoms with Gasteiger partial charge in [-0.25, -0.2) is 0 Å². The van der Waals surface area contributed by atoms with Gasteiger partial charge in [0.1, 0.15) is 5.75 Å². The monoisotopic (exact) mass is 332 g/mol. The van der Waals surface area contributed by atoms with Crippen LogP contribution in [0.25, 0.3) is 0 Å². The van der Waals surface area contributed by atoms with Gasteiger partial charge < -0.3 is 14.7 Å². The molecular weight excluding hydrogens is 300 g/mol. The molecule has 0 unspecified atom stereocenters. The number of hydrogen-bond acceptors (Lipinski definition) is 4. The second kappa shape index (κ2) is 7.85. The second-order valence-electron chi connectivity index (χ2n) is 7.72. The van der Waals surface area contributed by atoms with Crippen molar-refractivity contribution in [3.8, 4) is 5.75 Å². The van der Waals surface area contributed by atoms with Crippen molar-refractivity contribution in [3.05, 3.63) is 29.3 Å². The summed E-state index contributed by atoms with van der Waals surface area (Å²) in [6, 6.07) is 6.47. The number of rotatable bonds is 6. The molecule has 4 heteroatoms. The maximum absolute atomic E-state index is 10.0. The minimum atomic E-state index is 0.122. The van der Waals surface area contributed by atoms with Gasteiger partial charge in [-0.1, -0.05) is 12.1 Å². The van der Waals surface area contributed by atoms with Gasteiger partial charge in [0.2, 0.25) is 0 Å². The maximum atomic E-state index is 10.0. The minimum Gasteiger partial charge on any atom is -0.496 e. The number of hydrogen-bond donors (Lipinski definition) is 1. The number of methoxy groups -OCH3 is 1. The molecule has 0 radical (unpaired) electrons. The number of piperidine rings is 1. The predicted molar refractivity (Wildman–Crippen MR) is 97.4 cm³/mol. The lowest BCUT2D eigenvalue weighted by molar-refractivity contribution is 0.0165. The van der Waals surface area contributed by atoms with Crippen LogP contribution in [-0.4, -0.2) is 61.3 Å². The highest BCUT2D eigenvalue weighted by Gasteiger charge is 2.36. The number of benzene rings is 1. The number of aryl methyl sites for hydroxylation is 1. The Bertz CT molecular complexity index is 532. The summed E-state index contributed by atoms with van der Waals surface area (Å²) in [5.74, 6) is 0.960. The molecular formula is C20H32N2O2. The van der Waals surface area contributed by atoms with Crippen LogP contribution in [-0.2, 0) is 6.54 Å². The molecule has 4 nitrogen and oxygen atoms in total. The highest BCUT2D eigenvalue weighted by atomic mass is 16.5. The highest BCUT2D eigenvalue weighted by molar-refractivity contribution is 5.36. The van der Waals surface area contributed by atoms with Crippen LogP contribution in [0.4, 0.5) is 0 Å². The predicted octanol–water partition coefficient (Wildman–Crippen LogP) is 2.67. The molecule has 2 fully saturated rings. The van der Waals surface area contributed by atoms with Crippen molar-refractivity contribution in [2.24, 2.45) is 5.41 Å². The average Bonchev–Trinajstić information content (AvgIpc) is 3.10. The molecule has 0 atom stereocenters. The van der Waals surface area contributed by atoms with Crippen molar-refractivity contribution >= 4 is 0 Å². The SMILES string of the molecule is COc1ccc(CN2CCC(CO)(CN3CCCC3)CC2)cc1C. The van der Waals surface area contributed by atoms with Gasteiger partial charge >= 0.3 is 0 Å². The molecule has 0 saturated carbocycles. The van der Waals surface area contributed by atoms with Crippen molar-refractivity contribution < 1.29 is 9.84 Å². The van der Waals surface area contributed by atoms with E-state index >= 15 is 0 Å². The Morgan fingerprint density at radius 3 is 2.38 bits per heavy atom. The van der Waals surface area contributed by atoms with E-state index in [2.05, 4.69) is 34.9 Å². The molecule has 24 heavy (non-hydrogen) atoms. The van der Waals surface area contributed by atoms with Gasteiger partial charge in [-0.15, -0.1) is 0 Å². The molecule has 0 aliphatic carbocycles. The molecule has 1 aromatic carbocycles. The standard InChI is InChI=1S/C20H32N2O2/c1-17-13-18(5-6-19(17)24-2)14-21-11-7-20(16-23,8-12-21)15-22-9-3-4-10-22/h5-6,13,23H,3-4,7-12,14-16H2,1-2H3. The summed E-state index contributed by atoms with van der Waals surface area (Å²) in [5.41, 5.74) is 2.67. The van der Waals surface area contributed by atoms with Gasteiger partial charge in [-0.2, -0.15) is 0 Å². The molecule has 3 rings (SSSR count). The lowest BCUT2D eigenvalue weighted by Gasteiger charge is -2.42. The van der Waals surface area contributed by atoms with Crippen molar-refractivity contribution in [3.63, 3.8) is 0 Å². The van der Waals surface area contributed by atoms with Gasteiger partial charge in [0.25, 0.3) is 0 Å². The van der Waals surface area contributed by atoms with Crippen molar-refractivity contribution in [2.45, 2.75) is 39.2 Å². The van der Waals surface area contributed by atoms with Crippen LogP contribution < -0.4 is 4.74 Å². The van der Waals surface area contributed by atoms with Crippen LogP contribution >= 0.6 is 0 Å². The third-order valence-electron chi connectivity index (χ3n) is 5.88. The van der Waals surface area contributed by atoms with E-state index in [4.69, 9.17) is 4.74 Å². The third-order valence-corrected chi connectivity index (χ3v) is 5.88. The zero-order chi connectivity index (χ0) is 17.0. The first kappa shape index (κ1) is 17.7. The van der Waals surface area contributed by atoms with Crippen LogP contribution in [0.15, 0.2) is 18.2 Å². The van der Waals surface area contributed by atoms with Gasteiger partial charge in [-0.3, -0.25) is 4.90 Å². The molecule has 2 aliphatic rings. The van der Waals surface area contributed by atoms with Gasteiger partial charge in [0.15, 0.2) is 0 Å². The summed E-state index contributed by atoms with van der Waals surface area (Å²) >= 11 is 0. The van der Waals surface area contributed by atoms with Crippen molar-refractivity contribution in [1.29, 1.82) is 0 Å². The fourth-order valence-electron chi connectivity index (χ4n) is 4.26. The second-order valence-corrected chi connectivity index (χ2v) is 7.72. The van der Waals surface area contributed by atoms with Gasteiger partial charge in [0, 0.05) is 18.5 Å². The van der Waals surface area contributed by atoms with Crippen LogP contribution in [0, 0.1) is 12.3 Å². The third kappa shape index (κ3) is 4.11. The quantitative estimate of drug-likeness (QED) is 0.869. The molecule has 0 amide bonds. The summed E-state index contributed by atoms with van der Waals surface area (Å²) in [7, 11) is 1.72. The summed E-state index contributed by atoms with van der Waals surface area (Å²) in [4.78, 5) is 5.08. The number of aliphatic hydroxyl groups excluding tert-OH is 1.